The van der Waals surface area contributed by atoms with Crippen molar-refractivity contribution in [2.24, 2.45) is 7.05 Å². The summed E-state index contributed by atoms with van der Waals surface area (Å²) in [6.45, 7) is 2.74. The third kappa shape index (κ3) is 3.69. The molecule has 0 spiro atoms. The van der Waals surface area contributed by atoms with Gasteiger partial charge in [0.05, 0.1) is 16.6 Å². The lowest BCUT2D eigenvalue weighted by Gasteiger charge is -2.17. The van der Waals surface area contributed by atoms with Gasteiger partial charge in [-0.1, -0.05) is 36.2 Å². The van der Waals surface area contributed by atoms with Crippen molar-refractivity contribution >= 4 is 23.2 Å². The van der Waals surface area contributed by atoms with Gasteiger partial charge < -0.3 is 5.32 Å². The monoisotopic (exact) mass is 298 g/mol. The third-order valence-corrected chi connectivity index (χ3v) is 3.65. The molecule has 0 bridgehead atoms. The van der Waals surface area contributed by atoms with Crippen LogP contribution in [0.4, 0.5) is 0 Å². The Bertz CT molecular complexity index is 553. The molecule has 0 saturated heterocycles. The summed E-state index contributed by atoms with van der Waals surface area (Å²) in [6.07, 6.45) is 2.64. The van der Waals surface area contributed by atoms with Crippen molar-refractivity contribution in [1.29, 1.82) is 0 Å². The quantitative estimate of drug-likeness (QED) is 0.920. The third-order valence-electron chi connectivity index (χ3n) is 2.91. The predicted molar refractivity (Wildman–Crippen MR) is 77.3 cm³/mol. The van der Waals surface area contributed by atoms with Gasteiger partial charge in [-0.2, -0.15) is 5.10 Å². The van der Waals surface area contributed by atoms with Crippen LogP contribution in [0.15, 0.2) is 24.5 Å². The highest BCUT2D eigenvalue weighted by molar-refractivity contribution is 6.42. The first kappa shape index (κ1) is 14.3. The SMILES string of the molecule is CCC(NCc1ncn(C)n1)c1ccc(Cl)c(Cl)c1. The molecule has 0 aliphatic rings. The van der Waals surface area contributed by atoms with Gasteiger partial charge >= 0.3 is 0 Å². The van der Waals surface area contributed by atoms with Crippen molar-refractivity contribution < 1.29 is 0 Å². The van der Waals surface area contributed by atoms with E-state index in [0.29, 0.717) is 16.6 Å². The van der Waals surface area contributed by atoms with Gasteiger partial charge in [0.2, 0.25) is 0 Å². The van der Waals surface area contributed by atoms with E-state index in [1.807, 2.05) is 25.2 Å². The van der Waals surface area contributed by atoms with E-state index in [-0.39, 0.29) is 6.04 Å². The molecule has 0 saturated carbocycles. The summed E-state index contributed by atoms with van der Waals surface area (Å²) in [4.78, 5) is 4.19. The van der Waals surface area contributed by atoms with Gasteiger partial charge in [0.25, 0.3) is 0 Å². The smallest absolute Gasteiger partial charge is 0.164 e. The van der Waals surface area contributed by atoms with Gasteiger partial charge in [-0.05, 0) is 24.1 Å². The molecule has 0 fully saturated rings. The lowest BCUT2D eigenvalue weighted by Crippen LogP contribution is -2.21. The van der Waals surface area contributed by atoms with Crippen molar-refractivity contribution in [1.82, 2.24) is 20.1 Å². The Morgan fingerprint density at radius 2 is 2.11 bits per heavy atom. The highest BCUT2D eigenvalue weighted by Gasteiger charge is 2.11. The zero-order valence-corrected chi connectivity index (χ0v) is 12.4. The predicted octanol–water partition coefficient (Wildman–Crippen LogP) is 3.36. The molecule has 1 heterocycles. The zero-order chi connectivity index (χ0) is 13.8. The van der Waals surface area contributed by atoms with Crippen LogP contribution in [-0.2, 0) is 13.6 Å². The number of hydrogen-bond donors (Lipinski definition) is 1. The summed E-state index contributed by atoms with van der Waals surface area (Å²) >= 11 is 12.0. The molecule has 19 heavy (non-hydrogen) atoms. The van der Waals surface area contributed by atoms with Gasteiger partial charge in [-0.15, -0.1) is 0 Å². The first-order chi connectivity index (χ1) is 9.10. The summed E-state index contributed by atoms with van der Waals surface area (Å²) < 4.78 is 1.69. The number of halogens is 2. The number of benzene rings is 1. The largest absolute Gasteiger partial charge is 0.303 e. The average molecular weight is 299 g/mol. The summed E-state index contributed by atoms with van der Waals surface area (Å²) in [5.74, 6) is 0.779. The van der Waals surface area contributed by atoms with E-state index in [2.05, 4.69) is 22.3 Å². The maximum absolute atomic E-state index is 6.05. The summed E-state index contributed by atoms with van der Waals surface area (Å²) in [5, 5.41) is 8.81. The number of rotatable bonds is 5. The Morgan fingerprint density at radius 1 is 1.32 bits per heavy atom. The molecule has 6 heteroatoms. The first-order valence-electron chi connectivity index (χ1n) is 6.13. The summed E-state index contributed by atoms with van der Waals surface area (Å²) in [5.41, 5.74) is 1.12. The normalized spacial score (nSPS) is 12.6. The van der Waals surface area contributed by atoms with Crippen LogP contribution in [0.25, 0.3) is 0 Å². The van der Waals surface area contributed by atoms with Gasteiger partial charge in [0, 0.05) is 13.1 Å². The van der Waals surface area contributed by atoms with E-state index in [9.17, 15) is 0 Å². The lowest BCUT2D eigenvalue weighted by molar-refractivity contribution is 0.507. The van der Waals surface area contributed by atoms with Crippen molar-refractivity contribution in [2.45, 2.75) is 25.9 Å². The van der Waals surface area contributed by atoms with Crippen LogP contribution in [-0.4, -0.2) is 14.8 Å². The van der Waals surface area contributed by atoms with Crippen LogP contribution in [0.5, 0.6) is 0 Å². The molecular formula is C13H16Cl2N4. The van der Waals surface area contributed by atoms with Crippen molar-refractivity contribution in [3.8, 4) is 0 Å². The Labute approximate surface area is 122 Å². The minimum Gasteiger partial charge on any atom is -0.303 e. The van der Waals surface area contributed by atoms with E-state index < -0.39 is 0 Å². The molecule has 2 aromatic rings. The highest BCUT2D eigenvalue weighted by atomic mass is 35.5. The number of aromatic nitrogens is 3. The Kier molecular flexibility index (Phi) is 4.80. The second kappa shape index (κ2) is 6.37. The van der Waals surface area contributed by atoms with Crippen LogP contribution in [0.2, 0.25) is 10.0 Å². The van der Waals surface area contributed by atoms with Gasteiger partial charge in [0.15, 0.2) is 5.82 Å². The molecule has 1 atom stereocenters. The molecule has 1 aromatic carbocycles. The number of aryl methyl sites for hydroxylation is 1. The highest BCUT2D eigenvalue weighted by Crippen LogP contribution is 2.26. The van der Waals surface area contributed by atoms with Crippen LogP contribution in [0.1, 0.15) is 30.8 Å². The first-order valence-corrected chi connectivity index (χ1v) is 6.88. The van der Waals surface area contributed by atoms with Crippen LogP contribution in [0.3, 0.4) is 0 Å². The fraction of sp³-hybridized carbons (Fsp3) is 0.385. The lowest BCUT2D eigenvalue weighted by atomic mass is 10.0. The zero-order valence-electron chi connectivity index (χ0n) is 10.9. The minimum absolute atomic E-state index is 0.207. The van der Waals surface area contributed by atoms with E-state index >= 15 is 0 Å². The molecule has 1 aromatic heterocycles. The van der Waals surface area contributed by atoms with E-state index in [0.717, 1.165) is 17.8 Å². The molecule has 0 amide bonds. The molecule has 1 N–H and O–H groups in total. The van der Waals surface area contributed by atoms with Crippen LogP contribution >= 0.6 is 23.2 Å². The van der Waals surface area contributed by atoms with E-state index in [4.69, 9.17) is 23.2 Å². The molecule has 0 aliphatic heterocycles. The van der Waals surface area contributed by atoms with E-state index in [1.54, 1.807) is 11.0 Å². The minimum atomic E-state index is 0.207. The van der Waals surface area contributed by atoms with Gasteiger partial charge in [0.1, 0.15) is 6.33 Å². The Morgan fingerprint density at radius 3 is 2.68 bits per heavy atom. The molecule has 102 valence electrons. The molecule has 0 aliphatic carbocycles. The molecular weight excluding hydrogens is 283 g/mol. The van der Waals surface area contributed by atoms with Gasteiger partial charge in [-0.25, -0.2) is 4.98 Å². The molecule has 4 nitrogen and oxygen atoms in total. The van der Waals surface area contributed by atoms with Crippen molar-refractivity contribution in [2.75, 3.05) is 0 Å². The fourth-order valence-corrected chi connectivity index (χ4v) is 2.21. The van der Waals surface area contributed by atoms with Crippen LogP contribution < -0.4 is 5.32 Å². The molecule has 2 rings (SSSR count). The number of hydrogen-bond acceptors (Lipinski definition) is 3. The molecule has 1 unspecified atom stereocenters. The standard InChI is InChI=1S/C13H16Cl2N4/c1-3-12(9-4-5-10(14)11(15)6-9)16-7-13-17-8-19(2)18-13/h4-6,8,12,16H,3,7H2,1-2H3. The summed E-state index contributed by atoms with van der Waals surface area (Å²) in [6, 6.07) is 5.92. The van der Waals surface area contributed by atoms with E-state index in [1.165, 1.54) is 0 Å². The molecule has 0 radical (unpaired) electrons. The number of nitrogens with zero attached hydrogens (tertiary/aromatic N) is 3. The number of nitrogens with one attached hydrogen (secondary N) is 1. The maximum Gasteiger partial charge on any atom is 0.164 e. The van der Waals surface area contributed by atoms with Gasteiger partial charge in [-0.3, -0.25) is 4.68 Å². The maximum atomic E-state index is 6.05. The fourth-order valence-electron chi connectivity index (χ4n) is 1.91. The van der Waals surface area contributed by atoms with Crippen LogP contribution in [0, 0.1) is 0 Å². The second-order valence-corrected chi connectivity index (χ2v) is 5.16. The summed E-state index contributed by atoms with van der Waals surface area (Å²) in [7, 11) is 1.85. The topological polar surface area (TPSA) is 42.7 Å². The Hall–Kier alpha value is -1.10. The Balaban J connectivity index is 2.05. The van der Waals surface area contributed by atoms with Crippen molar-refractivity contribution in [3.63, 3.8) is 0 Å². The van der Waals surface area contributed by atoms with Crippen molar-refractivity contribution in [3.05, 3.63) is 46.0 Å². The second-order valence-electron chi connectivity index (χ2n) is 4.35. The average Bonchev–Trinajstić information content (AvgIpc) is 2.80.